The number of esters is 3. The first kappa shape index (κ1) is 19.2. The number of hydrogen-bond acceptors (Lipinski definition) is 9. The minimum absolute atomic E-state index is 0.258. The number of rotatable bonds is 4. The molecule has 0 spiro atoms. The lowest BCUT2D eigenvalue weighted by Gasteiger charge is -2.43. The first-order chi connectivity index (χ1) is 10.6. The number of nitrogens with one attached hydrogen (secondary N) is 1. The van der Waals surface area contributed by atoms with Gasteiger partial charge in [0, 0.05) is 20.8 Å². The van der Waals surface area contributed by atoms with Crippen molar-refractivity contribution >= 4 is 34.8 Å². The Morgan fingerprint density at radius 1 is 0.957 bits per heavy atom. The van der Waals surface area contributed by atoms with Crippen molar-refractivity contribution in [1.29, 1.82) is 5.41 Å². The molecule has 1 rings (SSSR count). The molecule has 23 heavy (non-hydrogen) atoms. The third kappa shape index (κ3) is 5.71. The molecule has 0 bridgehead atoms. The fourth-order valence-electron chi connectivity index (χ4n) is 2.19. The zero-order chi connectivity index (χ0) is 17.7. The summed E-state index contributed by atoms with van der Waals surface area (Å²) in [6.07, 6.45) is -3.76. The first-order valence-corrected chi connectivity index (χ1v) is 7.67. The number of nitrogens with two attached hydrogens (primary N) is 1. The summed E-state index contributed by atoms with van der Waals surface area (Å²) >= 11 is 0.811. The average molecular weight is 348 g/mol. The number of carbonyl (C=O) groups excluding carboxylic acids is 3. The van der Waals surface area contributed by atoms with Crippen molar-refractivity contribution in [3.05, 3.63) is 0 Å². The minimum Gasteiger partial charge on any atom is -0.456 e. The molecule has 0 amide bonds. The Morgan fingerprint density at radius 3 is 1.83 bits per heavy atom. The largest absolute Gasteiger partial charge is 0.456 e. The molecule has 0 aromatic heterocycles. The van der Waals surface area contributed by atoms with Gasteiger partial charge in [0.15, 0.2) is 28.9 Å². The lowest BCUT2D eigenvalue weighted by Crippen LogP contribution is -2.60. The van der Waals surface area contributed by atoms with E-state index in [9.17, 15) is 14.4 Å². The molecule has 1 saturated heterocycles. The highest BCUT2D eigenvalue weighted by atomic mass is 32.2. The summed E-state index contributed by atoms with van der Waals surface area (Å²) in [6.45, 7) is 5.18. The molecule has 2 unspecified atom stereocenters. The fourth-order valence-corrected chi connectivity index (χ4v) is 3.02. The number of thioether (sulfide) groups is 1. The van der Waals surface area contributed by atoms with Gasteiger partial charge in [-0.25, -0.2) is 0 Å². The van der Waals surface area contributed by atoms with Gasteiger partial charge in [0.1, 0.15) is 0 Å². The van der Waals surface area contributed by atoms with Crippen molar-refractivity contribution < 1.29 is 33.3 Å². The van der Waals surface area contributed by atoms with Crippen molar-refractivity contribution in [3.8, 4) is 0 Å². The molecule has 0 radical (unpaired) electrons. The van der Waals surface area contributed by atoms with Crippen molar-refractivity contribution in [3.63, 3.8) is 0 Å². The van der Waals surface area contributed by atoms with Gasteiger partial charge in [-0.3, -0.25) is 19.8 Å². The Balaban J connectivity index is 3.15. The van der Waals surface area contributed by atoms with E-state index in [-0.39, 0.29) is 5.17 Å². The second-order valence-electron chi connectivity index (χ2n) is 4.91. The summed E-state index contributed by atoms with van der Waals surface area (Å²) in [5.74, 6) is -1.87. The third-order valence-corrected chi connectivity index (χ3v) is 3.74. The summed E-state index contributed by atoms with van der Waals surface area (Å²) in [5, 5.41) is 7.11. The van der Waals surface area contributed by atoms with Crippen molar-refractivity contribution in [1.82, 2.24) is 0 Å². The maximum atomic E-state index is 11.4. The van der Waals surface area contributed by atoms with Gasteiger partial charge in [0.25, 0.3) is 0 Å². The van der Waals surface area contributed by atoms with Gasteiger partial charge in [0.2, 0.25) is 0 Å². The number of amidine groups is 1. The molecule has 0 aromatic rings. The van der Waals surface area contributed by atoms with E-state index in [1.165, 1.54) is 20.8 Å². The number of ether oxygens (including phenoxy) is 4. The molecule has 1 fully saturated rings. The predicted molar refractivity (Wildman–Crippen MR) is 80.5 cm³/mol. The smallest absolute Gasteiger partial charge is 0.303 e. The molecule has 1 aliphatic heterocycles. The van der Waals surface area contributed by atoms with E-state index < -0.39 is 47.8 Å². The normalized spacial score (nSPS) is 30.2. The monoisotopic (exact) mass is 348 g/mol. The van der Waals surface area contributed by atoms with Crippen LogP contribution in [0.3, 0.4) is 0 Å². The summed E-state index contributed by atoms with van der Waals surface area (Å²) in [7, 11) is 0. The van der Waals surface area contributed by atoms with Crippen molar-refractivity contribution in [2.45, 2.75) is 57.5 Å². The van der Waals surface area contributed by atoms with Gasteiger partial charge >= 0.3 is 17.9 Å². The van der Waals surface area contributed by atoms with Gasteiger partial charge < -0.3 is 24.7 Å². The Hall–Kier alpha value is -1.81. The van der Waals surface area contributed by atoms with E-state index in [0.717, 1.165) is 11.8 Å². The molecular formula is C13H20N2O7S. The van der Waals surface area contributed by atoms with E-state index >= 15 is 0 Å². The van der Waals surface area contributed by atoms with Crippen LogP contribution >= 0.6 is 11.8 Å². The summed E-state index contributed by atoms with van der Waals surface area (Å²) in [5.41, 5.74) is 4.48. The molecule has 1 heterocycles. The van der Waals surface area contributed by atoms with Crippen LogP contribution in [0.2, 0.25) is 0 Å². The molecule has 1 aliphatic rings. The van der Waals surface area contributed by atoms with Crippen LogP contribution in [0.15, 0.2) is 0 Å². The lowest BCUT2D eigenvalue weighted by molar-refractivity contribution is -0.228. The van der Waals surface area contributed by atoms with E-state index in [1.807, 2.05) is 0 Å². The van der Waals surface area contributed by atoms with E-state index in [1.54, 1.807) is 6.92 Å². The van der Waals surface area contributed by atoms with Gasteiger partial charge in [-0.15, -0.1) is 0 Å². The quantitative estimate of drug-likeness (QED) is 0.314. The first-order valence-electron chi connectivity index (χ1n) is 6.79. The number of carbonyl (C=O) groups is 3. The molecular weight excluding hydrogens is 328 g/mol. The second kappa shape index (κ2) is 8.16. The summed E-state index contributed by atoms with van der Waals surface area (Å²) in [4.78, 5) is 34.0. The average Bonchev–Trinajstić information content (AvgIpc) is 2.36. The maximum Gasteiger partial charge on any atom is 0.303 e. The van der Waals surface area contributed by atoms with Crippen LogP contribution in [0.1, 0.15) is 27.7 Å². The highest BCUT2D eigenvalue weighted by molar-refractivity contribution is 8.14. The van der Waals surface area contributed by atoms with Crippen LogP contribution < -0.4 is 5.73 Å². The Bertz CT molecular complexity index is 499. The van der Waals surface area contributed by atoms with Crippen LogP contribution in [-0.4, -0.2) is 52.9 Å². The van der Waals surface area contributed by atoms with Crippen LogP contribution in [-0.2, 0) is 33.3 Å². The van der Waals surface area contributed by atoms with Crippen molar-refractivity contribution in [2.75, 3.05) is 0 Å². The minimum atomic E-state index is -1.08. The fraction of sp³-hybridized carbons (Fsp3) is 0.692. The zero-order valence-electron chi connectivity index (χ0n) is 13.2. The van der Waals surface area contributed by atoms with E-state index in [4.69, 9.17) is 30.1 Å². The molecule has 5 atom stereocenters. The zero-order valence-corrected chi connectivity index (χ0v) is 14.0. The molecule has 0 aromatic carbocycles. The Morgan fingerprint density at radius 2 is 1.39 bits per heavy atom. The number of hydrogen-bond donors (Lipinski definition) is 2. The second-order valence-corrected chi connectivity index (χ2v) is 6.05. The molecule has 130 valence electrons. The van der Waals surface area contributed by atoms with Crippen LogP contribution in [0, 0.1) is 5.41 Å². The van der Waals surface area contributed by atoms with Crippen LogP contribution in [0.25, 0.3) is 0 Å². The highest BCUT2D eigenvalue weighted by Gasteiger charge is 2.50. The molecule has 0 saturated carbocycles. The van der Waals surface area contributed by atoms with E-state index in [2.05, 4.69) is 0 Å². The van der Waals surface area contributed by atoms with E-state index in [0.29, 0.717) is 0 Å². The van der Waals surface area contributed by atoms with Gasteiger partial charge in [-0.1, -0.05) is 11.8 Å². The van der Waals surface area contributed by atoms with Gasteiger partial charge in [0.05, 0.1) is 6.10 Å². The lowest BCUT2D eigenvalue weighted by atomic mass is 10.00. The SMILES string of the molecule is CC(=O)OC1[C@@H](OC(C)=O)C(C)O[C@@H](SC(=N)N)[C@H]1OC(C)=O. The predicted octanol–water partition coefficient (Wildman–Crippen LogP) is 0.153. The Labute approximate surface area is 137 Å². The standard InChI is InChI=1S/C13H20N2O7S/c1-5-9(20-6(2)16)10(21-7(3)17)11(22-8(4)18)12(19-5)23-13(14)15/h5,9-12H,1-4H3,(H3,14,15)/t5?,9-,10?,11-,12-/m0/s1. The summed E-state index contributed by atoms with van der Waals surface area (Å²) in [6, 6.07) is 0. The molecule has 9 nitrogen and oxygen atoms in total. The van der Waals surface area contributed by atoms with Crippen molar-refractivity contribution in [2.24, 2.45) is 5.73 Å². The van der Waals surface area contributed by atoms with Gasteiger partial charge in [-0.05, 0) is 6.92 Å². The summed E-state index contributed by atoms with van der Waals surface area (Å²) < 4.78 is 21.2. The molecule has 0 aliphatic carbocycles. The maximum absolute atomic E-state index is 11.4. The van der Waals surface area contributed by atoms with Crippen LogP contribution in [0.4, 0.5) is 0 Å². The molecule has 10 heteroatoms. The Kier molecular flexibility index (Phi) is 6.82. The van der Waals surface area contributed by atoms with Gasteiger partial charge in [-0.2, -0.15) is 0 Å². The molecule has 3 N–H and O–H groups in total. The third-order valence-electron chi connectivity index (χ3n) is 2.88. The van der Waals surface area contributed by atoms with Crippen LogP contribution in [0.5, 0.6) is 0 Å². The highest BCUT2D eigenvalue weighted by Crippen LogP contribution is 2.33. The topological polar surface area (TPSA) is 138 Å².